The van der Waals surface area contributed by atoms with Crippen molar-refractivity contribution in [3.8, 4) is 11.3 Å². The van der Waals surface area contributed by atoms with E-state index in [4.69, 9.17) is 4.42 Å². The maximum Gasteiger partial charge on any atom is 0.255 e. The molecule has 0 spiro atoms. The number of fused-ring (bicyclic) bond motifs is 2. The van der Waals surface area contributed by atoms with Gasteiger partial charge in [-0.2, -0.15) is 4.31 Å². The van der Waals surface area contributed by atoms with Crippen molar-refractivity contribution in [3.63, 3.8) is 0 Å². The van der Waals surface area contributed by atoms with E-state index in [0.29, 0.717) is 53.8 Å². The van der Waals surface area contributed by atoms with Crippen LogP contribution in [0.4, 0.5) is 10.1 Å². The predicted octanol–water partition coefficient (Wildman–Crippen LogP) is 6.31. The van der Waals surface area contributed by atoms with Crippen molar-refractivity contribution in [2.75, 3.05) is 24.9 Å². The molecule has 2 aromatic heterocycles. The maximum absolute atomic E-state index is 13.7. The Hall–Kier alpha value is -3.49. The Morgan fingerprint density at radius 3 is 2.76 bits per heavy atom. The lowest BCUT2D eigenvalue weighted by Gasteiger charge is -2.33. The fourth-order valence-electron chi connectivity index (χ4n) is 5.35. The third-order valence-corrected chi connectivity index (χ3v) is 10.3. The quantitative estimate of drug-likeness (QED) is 0.144. The van der Waals surface area contributed by atoms with Gasteiger partial charge in [0, 0.05) is 37.2 Å². The summed E-state index contributed by atoms with van der Waals surface area (Å²) in [7, 11) is -2.26. The van der Waals surface area contributed by atoms with Crippen LogP contribution in [0.1, 0.15) is 34.7 Å². The third kappa shape index (κ3) is 5.08. The second-order valence-corrected chi connectivity index (χ2v) is 12.9. The molecule has 41 heavy (non-hydrogen) atoms. The Morgan fingerprint density at radius 2 is 2.00 bits per heavy atom. The Kier molecular flexibility index (Phi) is 7.47. The Labute approximate surface area is 243 Å². The van der Waals surface area contributed by atoms with Crippen LogP contribution in [0.2, 0.25) is 0 Å². The fourth-order valence-corrected chi connectivity index (χ4v) is 7.97. The molecule has 1 aliphatic rings. The molecule has 3 heterocycles. The molecule has 1 aliphatic heterocycles. The Balaban J connectivity index is 1.42. The Morgan fingerprint density at radius 1 is 1.20 bits per heavy atom. The van der Waals surface area contributed by atoms with Crippen LogP contribution in [0.15, 0.2) is 69.4 Å². The van der Waals surface area contributed by atoms with Gasteiger partial charge in [0.15, 0.2) is 0 Å². The van der Waals surface area contributed by atoms with Crippen LogP contribution >= 0.6 is 23.6 Å². The van der Waals surface area contributed by atoms with Gasteiger partial charge in [0.05, 0.1) is 31.9 Å². The number of nitrogens with zero attached hydrogens (tertiary/aromatic N) is 2. The molecular weight excluding hydrogens is 588 g/mol. The number of hydrogen-bond donors (Lipinski definition) is 3. The highest BCUT2D eigenvalue weighted by Gasteiger charge is 2.33. The van der Waals surface area contributed by atoms with E-state index in [1.165, 1.54) is 47.0 Å². The number of aromatic nitrogens is 1. The number of piperidine rings is 1. The molecule has 0 unspecified atom stereocenters. The number of thiazole rings is 1. The van der Waals surface area contributed by atoms with Gasteiger partial charge >= 0.3 is 0 Å². The highest BCUT2D eigenvalue weighted by atomic mass is 32.2. The average molecular weight is 613 g/mol. The topological polar surface area (TPSA) is 125 Å². The fraction of sp³-hybridized carbons (Fsp3) is 0.214. The number of anilines is 1. The zero-order chi connectivity index (χ0) is 28.7. The summed E-state index contributed by atoms with van der Waals surface area (Å²) < 4.78 is 61.9. The summed E-state index contributed by atoms with van der Waals surface area (Å²) in [5.74, 6) is -0.738. The minimum atomic E-state index is -3.78. The molecule has 13 heteroatoms. The molecular formula is C28H25FN4O5S3. The predicted molar refractivity (Wildman–Crippen MR) is 159 cm³/mol. The first-order valence-corrected chi connectivity index (χ1v) is 15.9. The van der Waals surface area contributed by atoms with Gasteiger partial charge in [-0.1, -0.05) is 0 Å². The number of nitrogens with one attached hydrogen (secondary N) is 2. The normalized spacial score (nSPS) is 16.3. The van der Waals surface area contributed by atoms with Crippen LogP contribution in [0.5, 0.6) is 0 Å². The molecule has 1 amide bonds. The largest absolute Gasteiger partial charge is 0.455 e. The van der Waals surface area contributed by atoms with Crippen LogP contribution in [0.3, 0.4) is 0 Å². The van der Waals surface area contributed by atoms with E-state index in [1.807, 2.05) is 6.07 Å². The van der Waals surface area contributed by atoms with E-state index in [1.54, 1.807) is 29.8 Å². The van der Waals surface area contributed by atoms with Gasteiger partial charge in [-0.25, -0.2) is 17.8 Å². The van der Waals surface area contributed by atoms with Crippen molar-refractivity contribution in [2.24, 2.45) is 0 Å². The lowest BCUT2D eigenvalue weighted by molar-refractivity contribution is 0.0964. The van der Waals surface area contributed by atoms with Gasteiger partial charge in [0.2, 0.25) is 10.0 Å². The van der Waals surface area contributed by atoms with Crippen LogP contribution in [-0.2, 0) is 10.0 Å². The van der Waals surface area contributed by atoms with Crippen molar-refractivity contribution in [1.29, 1.82) is 0 Å². The number of carbonyl (C=O) groups is 1. The zero-order valence-corrected chi connectivity index (χ0v) is 24.2. The molecule has 0 aliphatic carbocycles. The first-order valence-electron chi connectivity index (χ1n) is 12.8. The van der Waals surface area contributed by atoms with Gasteiger partial charge in [0.1, 0.15) is 29.4 Å². The first kappa shape index (κ1) is 27.7. The molecule has 0 bridgehead atoms. The summed E-state index contributed by atoms with van der Waals surface area (Å²) in [6.45, 7) is 0.598. The number of benzene rings is 3. The molecule has 1 fully saturated rings. The van der Waals surface area contributed by atoms with E-state index in [-0.39, 0.29) is 34.6 Å². The van der Waals surface area contributed by atoms with Crippen LogP contribution in [0.25, 0.3) is 32.5 Å². The standard InChI is InChI=1S/C28H25FN4O5S3/c1-30-28(34)26-21-12-20(23(32-40-35)13-24(21)38-27(26)16-4-6-18(29)7-5-16)17-3-2-10-33(14-17)41(36,37)19-8-9-22-25(11-19)39-15-31-22/h4-9,11-13,15,17,32,35H,2-3,10,14H2,1H3,(H,30,34)/t17-/m1/s1. The molecule has 1 saturated heterocycles. The second-order valence-electron chi connectivity index (χ2n) is 9.71. The Bertz CT molecular complexity index is 1870. The molecule has 9 nitrogen and oxygen atoms in total. The highest BCUT2D eigenvalue weighted by molar-refractivity contribution is 7.95. The zero-order valence-electron chi connectivity index (χ0n) is 21.8. The number of hydrogen-bond acceptors (Lipinski definition) is 9. The first-order chi connectivity index (χ1) is 19.8. The summed E-state index contributed by atoms with van der Waals surface area (Å²) in [5.41, 5.74) is 4.94. The van der Waals surface area contributed by atoms with Gasteiger partial charge in [-0.05, 0) is 72.9 Å². The summed E-state index contributed by atoms with van der Waals surface area (Å²) in [5, 5.41) is 3.18. The van der Waals surface area contributed by atoms with Crippen molar-refractivity contribution in [3.05, 3.63) is 77.1 Å². The van der Waals surface area contributed by atoms with Gasteiger partial charge in [-0.3, -0.25) is 4.79 Å². The summed E-state index contributed by atoms with van der Waals surface area (Å²) in [4.78, 5) is 17.5. The minimum Gasteiger partial charge on any atom is -0.455 e. The van der Waals surface area contributed by atoms with Gasteiger partial charge < -0.3 is 19.0 Å². The number of amides is 1. The number of carbonyl (C=O) groups excluding carboxylic acids is 1. The molecule has 212 valence electrons. The van der Waals surface area contributed by atoms with E-state index in [0.717, 1.165) is 15.8 Å². The minimum absolute atomic E-state index is 0.218. The number of rotatable bonds is 7. The second kappa shape index (κ2) is 11.1. The molecule has 0 saturated carbocycles. The van der Waals surface area contributed by atoms with Crippen LogP contribution in [0, 0.1) is 5.82 Å². The lowest BCUT2D eigenvalue weighted by Crippen LogP contribution is -2.39. The molecule has 1 atom stereocenters. The number of furan rings is 1. The highest BCUT2D eigenvalue weighted by Crippen LogP contribution is 2.41. The third-order valence-electron chi connectivity index (χ3n) is 7.34. The van der Waals surface area contributed by atoms with E-state index in [9.17, 15) is 22.2 Å². The van der Waals surface area contributed by atoms with Crippen molar-refractivity contribution in [1.82, 2.24) is 14.6 Å². The molecule has 6 rings (SSSR count). The summed E-state index contributed by atoms with van der Waals surface area (Å²) in [6.07, 6.45) is 1.33. The van der Waals surface area contributed by atoms with E-state index in [2.05, 4.69) is 15.0 Å². The monoisotopic (exact) mass is 612 g/mol. The maximum atomic E-state index is 13.7. The van der Waals surface area contributed by atoms with Crippen molar-refractivity contribution >= 4 is 66.4 Å². The van der Waals surface area contributed by atoms with Crippen molar-refractivity contribution in [2.45, 2.75) is 23.7 Å². The summed E-state index contributed by atoms with van der Waals surface area (Å²) >= 11 is 1.81. The van der Waals surface area contributed by atoms with E-state index < -0.39 is 15.8 Å². The SMILES string of the molecule is CNC(=O)c1c(-c2ccc(F)cc2)oc2cc(NSO)c([C@@H]3CCCN(S(=O)(=O)c4ccc5ncsc5c4)C3)cc12. The number of halogens is 1. The van der Waals surface area contributed by atoms with Crippen molar-refractivity contribution < 1.29 is 26.6 Å². The van der Waals surface area contributed by atoms with Crippen LogP contribution < -0.4 is 10.0 Å². The summed E-state index contributed by atoms with van der Waals surface area (Å²) in [6, 6.07) is 14.1. The van der Waals surface area contributed by atoms with E-state index >= 15 is 0 Å². The van der Waals surface area contributed by atoms with Gasteiger partial charge in [0.25, 0.3) is 5.91 Å². The molecule has 0 radical (unpaired) electrons. The molecule has 3 aromatic carbocycles. The van der Waals surface area contributed by atoms with Crippen LogP contribution in [-0.4, -0.2) is 48.3 Å². The molecule has 3 N–H and O–H groups in total. The lowest BCUT2D eigenvalue weighted by atomic mass is 9.89. The molecule has 5 aromatic rings. The number of sulfonamides is 1. The van der Waals surface area contributed by atoms with Gasteiger partial charge in [-0.15, -0.1) is 11.3 Å². The smallest absolute Gasteiger partial charge is 0.255 e. The average Bonchev–Trinajstić information content (AvgIpc) is 3.61.